The molecule has 2 heterocycles. The molecule has 0 radical (unpaired) electrons. The van der Waals surface area contributed by atoms with E-state index in [9.17, 15) is 9.59 Å². The molecule has 0 saturated carbocycles. The van der Waals surface area contributed by atoms with Gasteiger partial charge in [0.2, 0.25) is 0 Å². The second-order valence-corrected chi connectivity index (χ2v) is 4.95. The molecular formula is C14H18N2O4. The van der Waals surface area contributed by atoms with Crippen LogP contribution in [0, 0.1) is 5.92 Å². The fourth-order valence-corrected chi connectivity index (χ4v) is 2.48. The van der Waals surface area contributed by atoms with E-state index >= 15 is 0 Å². The number of aromatic nitrogens is 1. The molecule has 2 rings (SSSR count). The molecule has 1 unspecified atom stereocenters. The molecule has 6 heteroatoms. The Morgan fingerprint density at radius 1 is 1.55 bits per heavy atom. The zero-order valence-electron chi connectivity index (χ0n) is 11.4. The minimum atomic E-state index is -1.13. The number of ether oxygens (including phenoxy) is 1. The van der Waals surface area contributed by atoms with E-state index in [-0.39, 0.29) is 11.6 Å². The monoisotopic (exact) mass is 278 g/mol. The summed E-state index contributed by atoms with van der Waals surface area (Å²) >= 11 is 0. The van der Waals surface area contributed by atoms with Gasteiger partial charge in [-0.3, -0.25) is 4.79 Å². The number of amides is 1. The van der Waals surface area contributed by atoms with Gasteiger partial charge >= 0.3 is 5.97 Å². The number of carbonyl (C=O) groups excluding carboxylic acids is 1. The summed E-state index contributed by atoms with van der Waals surface area (Å²) in [5, 5.41) is 8.91. The number of pyridine rings is 1. The molecule has 0 aromatic carbocycles. The third-order valence-corrected chi connectivity index (χ3v) is 3.43. The van der Waals surface area contributed by atoms with Gasteiger partial charge in [-0.1, -0.05) is 0 Å². The number of hydrogen-bond donors (Lipinski definition) is 1. The first kappa shape index (κ1) is 14.5. The number of hydrogen-bond acceptors (Lipinski definition) is 4. The fourth-order valence-electron chi connectivity index (χ4n) is 2.48. The van der Waals surface area contributed by atoms with Gasteiger partial charge in [0, 0.05) is 32.0 Å². The van der Waals surface area contributed by atoms with Crippen molar-refractivity contribution in [3.63, 3.8) is 0 Å². The van der Waals surface area contributed by atoms with Crippen molar-refractivity contribution in [1.82, 2.24) is 9.88 Å². The molecule has 1 aromatic rings. The average Bonchev–Trinajstić information content (AvgIpc) is 2.47. The Balaban J connectivity index is 2.10. The highest BCUT2D eigenvalue weighted by atomic mass is 16.5. The Labute approximate surface area is 117 Å². The first-order chi connectivity index (χ1) is 9.61. The van der Waals surface area contributed by atoms with Crippen LogP contribution in [0.1, 0.15) is 33.7 Å². The quantitative estimate of drug-likeness (QED) is 0.897. The van der Waals surface area contributed by atoms with E-state index in [1.807, 2.05) is 0 Å². The van der Waals surface area contributed by atoms with Crippen molar-refractivity contribution in [3.05, 3.63) is 29.6 Å². The van der Waals surface area contributed by atoms with E-state index in [0.717, 1.165) is 12.8 Å². The molecule has 6 nitrogen and oxygen atoms in total. The molecule has 0 spiro atoms. The first-order valence-electron chi connectivity index (χ1n) is 6.59. The van der Waals surface area contributed by atoms with Crippen LogP contribution >= 0.6 is 0 Å². The predicted octanol–water partition coefficient (Wildman–Crippen LogP) is 1.28. The highest BCUT2D eigenvalue weighted by molar-refractivity contribution is 5.96. The Morgan fingerprint density at radius 2 is 2.35 bits per heavy atom. The largest absolute Gasteiger partial charge is 0.477 e. The minimum absolute atomic E-state index is 0.110. The van der Waals surface area contributed by atoms with E-state index in [2.05, 4.69) is 4.98 Å². The molecule has 1 saturated heterocycles. The predicted molar refractivity (Wildman–Crippen MR) is 71.7 cm³/mol. The number of carbonyl (C=O) groups is 2. The van der Waals surface area contributed by atoms with Crippen LogP contribution in [-0.2, 0) is 4.74 Å². The number of methoxy groups -OCH3 is 1. The molecular weight excluding hydrogens is 260 g/mol. The maximum Gasteiger partial charge on any atom is 0.354 e. The van der Waals surface area contributed by atoms with Gasteiger partial charge in [-0.25, -0.2) is 9.78 Å². The van der Waals surface area contributed by atoms with Crippen LogP contribution < -0.4 is 0 Å². The van der Waals surface area contributed by atoms with E-state index in [0.29, 0.717) is 31.2 Å². The van der Waals surface area contributed by atoms with Gasteiger partial charge in [0.15, 0.2) is 0 Å². The van der Waals surface area contributed by atoms with Gasteiger partial charge in [-0.15, -0.1) is 0 Å². The van der Waals surface area contributed by atoms with Crippen LogP contribution in [0.2, 0.25) is 0 Å². The van der Waals surface area contributed by atoms with Crippen molar-refractivity contribution in [2.24, 2.45) is 5.92 Å². The zero-order chi connectivity index (χ0) is 14.5. The average molecular weight is 278 g/mol. The Bertz CT molecular complexity index is 502. The SMILES string of the molecule is COCC1CCCN(C(=O)c2ccnc(C(=O)O)c2)C1. The van der Waals surface area contributed by atoms with E-state index in [1.54, 1.807) is 18.1 Å². The van der Waals surface area contributed by atoms with Gasteiger partial charge < -0.3 is 14.7 Å². The summed E-state index contributed by atoms with van der Waals surface area (Å²) in [5.41, 5.74) is 0.261. The van der Waals surface area contributed by atoms with Gasteiger partial charge in [-0.2, -0.15) is 0 Å². The third-order valence-electron chi connectivity index (χ3n) is 3.43. The topological polar surface area (TPSA) is 79.7 Å². The lowest BCUT2D eigenvalue weighted by Crippen LogP contribution is -2.41. The van der Waals surface area contributed by atoms with E-state index < -0.39 is 5.97 Å². The van der Waals surface area contributed by atoms with Gasteiger partial charge in [-0.05, 0) is 30.9 Å². The number of piperidine rings is 1. The summed E-state index contributed by atoms with van der Waals surface area (Å²) < 4.78 is 5.14. The molecule has 108 valence electrons. The summed E-state index contributed by atoms with van der Waals surface area (Å²) in [5.74, 6) is -0.926. The van der Waals surface area contributed by atoms with Gasteiger partial charge in [0.1, 0.15) is 5.69 Å². The second kappa shape index (κ2) is 6.47. The summed E-state index contributed by atoms with van der Waals surface area (Å²) in [6.07, 6.45) is 3.35. The highest BCUT2D eigenvalue weighted by Crippen LogP contribution is 2.19. The van der Waals surface area contributed by atoms with Crippen LogP contribution in [0.25, 0.3) is 0 Å². The van der Waals surface area contributed by atoms with Crippen molar-refractivity contribution >= 4 is 11.9 Å². The van der Waals surface area contributed by atoms with Crippen LogP contribution in [0.15, 0.2) is 18.3 Å². The van der Waals surface area contributed by atoms with Crippen molar-refractivity contribution in [3.8, 4) is 0 Å². The molecule has 1 amide bonds. The third kappa shape index (κ3) is 3.33. The van der Waals surface area contributed by atoms with E-state index in [4.69, 9.17) is 9.84 Å². The highest BCUT2D eigenvalue weighted by Gasteiger charge is 2.24. The molecule has 0 bridgehead atoms. The lowest BCUT2D eigenvalue weighted by molar-refractivity contribution is 0.0571. The number of likely N-dealkylation sites (tertiary alicyclic amines) is 1. The molecule has 1 N–H and O–H groups in total. The van der Waals surface area contributed by atoms with Gasteiger partial charge in [0.05, 0.1) is 6.61 Å². The summed E-state index contributed by atoms with van der Waals surface area (Å²) in [7, 11) is 1.66. The molecule has 1 atom stereocenters. The number of aromatic carboxylic acids is 1. The van der Waals surface area contributed by atoms with Crippen molar-refractivity contribution < 1.29 is 19.4 Å². The lowest BCUT2D eigenvalue weighted by Gasteiger charge is -2.32. The number of carboxylic acids is 1. The maximum atomic E-state index is 12.4. The Hall–Kier alpha value is -1.95. The summed E-state index contributed by atoms with van der Waals surface area (Å²) in [6.45, 7) is 1.99. The molecule has 20 heavy (non-hydrogen) atoms. The number of nitrogens with zero attached hydrogens (tertiary/aromatic N) is 2. The molecule has 1 fully saturated rings. The van der Waals surface area contributed by atoms with Crippen molar-refractivity contribution in [1.29, 1.82) is 0 Å². The lowest BCUT2D eigenvalue weighted by atomic mass is 9.98. The van der Waals surface area contributed by atoms with E-state index in [1.165, 1.54) is 12.3 Å². The van der Waals surface area contributed by atoms with Gasteiger partial charge in [0.25, 0.3) is 5.91 Å². The summed E-state index contributed by atoms with van der Waals surface area (Å²) in [4.78, 5) is 28.8. The van der Waals surface area contributed by atoms with Crippen LogP contribution in [0.5, 0.6) is 0 Å². The Kier molecular flexibility index (Phi) is 4.68. The first-order valence-corrected chi connectivity index (χ1v) is 6.59. The summed E-state index contributed by atoms with van der Waals surface area (Å²) in [6, 6.07) is 2.87. The zero-order valence-corrected chi connectivity index (χ0v) is 11.4. The maximum absolute atomic E-state index is 12.4. The molecule has 1 aliphatic rings. The number of carboxylic acid groups (broad SMARTS) is 1. The normalized spacial score (nSPS) is 18.9. The number of rotatable bonds is 4. The van der Waals surface area contributed by atoms with Crippen LogP contribution in [0.3, 0.4) is 0 Å². The molecule has 1 aliphatic heterocycles. The molecule has 0 aliphatic carbocycles. The smallest absolute Gasteiger partial charge is 0.354 e. The van der Waals surface area contributed by atoms with Crippen LogP contribution in [0.4, 0.5) is 0 Å². The minimum Gasteiger partial charge on any atom is -0.477 e. The van der Waals surface area contributed by atoms with Crippen molar-refractivity contribution in [2.45, 2.75) is 12.8 Å². The van der Waals surface area contributed by atoms with Crippen molar-refractivity contribution in [2.75, 3.05) is 26.8 Å². The second-order valence-electron chi connectivity index (χ2n) is 4.95. The Morgan fingerprint density at radius 3 is 3.05 bits per heavy atom. The standard InChI is InChI=1S/C14H18N2O4/c1-20-9-10-3-2-6-16(8-10)13(17)11-4-5-15-12(7-11)14(18)19/h4-5,7,10H,2-3,6,8-9H2,1H3,(H,18,19). The fraction of sp³-hybridized carbons (Fsp3) is 0.500. The van der Waals surface area contributed by atoms with Crippen LogP contribution in [-0.4, -0.2) is 53.7 Å². The molecule has 1 aromatic heterocycles.